The Morgan fingerprint density at radius 2 is 1.86 bits per heavy atom. The second-order valence-electron chi connectivity index (χ2n) is 7.97. The number of hydrogen-bond donors (Lipinski definition) is 2. The van der Waals surface area contributed by atoms with Crippen molar-refractivity contribution in [2.45, 2.75) is 55.6 Å². The molecule has 1 aromatic carbocycles. The molecule has 3 fully saturated rings. The maximum absolute atomic E-state index is 12.6. The molecule has 2 aliphatic heterocycles. The Morgan fingerprint density at radius 1 is 1.11 bits per heavy atom. The van der Waals surface area contributed by atoms with Crippen LogP contribution in [0.25, 0.3) is 0 Å². The van der Waals surface area contributed by atoms with Crippen LogP contribution < -0.4 is 10.6 Å². The van der Waals surface area contributed by atoms with E-state index in [1.54, 1.807) is 16.4 Å². The molecule has 2 heterocycles. The quantitative estimate of drug-likeness (QED) is 0.725. The number of sulfonamides is 1. The fourth-order valence-corrected chi connectivity index (χ4v) is 6.21. The van der Waals surface area contributed by atoms with Gasteiger partial charge in [-0.1, -0.05) is 18.6 Å². The summed E-state index contributed by atoms with van der Waals surface area (Å²) in [5.41, 5.74) is 1.13. The SMILES string of the molecule is Cl.O=S(=O)(c1ccc(CNC2CCCC2C2COCCN2)cc1)N1CCCC1. The number of morpholine rings is 1. The predicted octanol–water partition coefficient (Wildman–Crippen LogP) is 2.14. The molecule has 4 rings (SSSR count). The number of nitrogens with zero attached hydrogens (tertiary/aromatic N) is 1. The molecule has 2 saturated heterocycles. The summed E-state index contributed by atoms with van der Waals surface area (Å²) < 4.78 is 32.5. The molecule has 158 valence electrons. The second-order valence-corrected chi connectivity index (χ2v) is 9.91. The number of ether oxygens (including phenoxy) is 1. The highest BCUT2D eigenvalue weighted by Crippen LogP contribution is 2.30. The van der Waals surface area contributed by atoms with Crippen LogP contribution in [0, 0.1) is 5.92 Å². The molecule has 0 spiro atoms. The highest BCUT2D eigenvalue weighted by Gasteiger charge is 2.34. The van der Waals surface area contributed by atoms with E-state index in [9.17, 15) is 8.42 Å². The van der Waals surface area contributed by atoms with E-state index in [4.69, 9.17) is 4.74 Å². The van der Waals surface area contributed by atoms with Crippen molar-refractivity contribution in [3.05, 3.63) is 29.8 Å². The molecular formula is C20H32ClN3O3S. The molecule has 1 aromatic rings. The molecule has 28 heavy (non-hydrogen) atoms. The summed E-state index contributed by atoms with van der Waals surface area (Å²) in [6.07, 6.45) is 5.62. The smallest absolute Gasteiger partial charge is 0.243 e. The summed E-state index contributed by atoms with van der Waals surface area (Å²) in [6.45, 7) is 4.64. The first-order chi connectivity index (χ1) is 13.1. The third-order valence-corrected chi connectivity index (χ3v) is 8.14. The number of nitrogens with one attached hydrogen (secondary N) is 2. The summed E-state index contributed by atoms with van der Waals surface area (Å²) in [7, 11) is -3.32. The van der Waals surface area contributed by atoms with Gasteiger partial charge >= 0.3 is 0 Å². The monoisotopic (exact) mass is 429 g/mol. The lowest BCUT2D eigenvalue weighted by atomic mass is 9.94. The summed E-state index contributed by atoms with van der Waals surface area (Å²) in [4.78, 5) is 0.412. The van der Waals surface area contributed by atoms with Crippen molar-refractivity contribution in [3.63, 3.8) is 0 Å². The van der Waals surface area contributed by atoms with E-state index in [0.717, 1.165) is 44.7 Å². The van der Waals surface area contributed by atoms with Gasteiger partial charge in [0.15, 0.2) is 0 Å². The number of halogens is 1. The standard InChI is InChI=1S/C20H31N3O3S.ClH/c24-27(25,23-11-1-2-12-23)17-8-6-16(7-9-17)14-22-19-5-3-4-18(19)20-15-26-13-10-21-20;/h6-9,18-22H,1-5,10-15H2;1H. The molecule has 1 aliphatic carbocycles. The first kappa shape index (κ1) is 22.0. The van der Waals surface area contributed by atoms with Crippen LogP contribution in [0.1, 0.15) is 37.7 Å². The van der Waals surface area contributed by atoms with Crippen LogP contribution in [0.5, 0.6) is 0 Å². The molecule has 6 nitrogen and oxygen atoms in total. The van der Waals surface area contributed by atoms with Gasteiger partial charge in [0.05, 0.1) is 18.1 Å². The zero-order chi connectivity index (χ0) is 18.7. The first-order valence-corrected chi connectivity index (χ1v) is 11.7. The minimum Gasteiger partial charge on any atom is -0.379 e. The Labute approximate surface area is 174 Å². The van der Waals surface area contributed by atoms with Gasteiger partial charge in [-0.25, -0.2) is 8.42 Å². The van der Waals surface area contributed by atoms with Gasteiger partial charge in [0, 0.05) is 38.3 Å². The number of hydrogen-bond acceptors (Lipinski definition) is 5. The minimum atomic E-state index is -3.32. The van der Waals surface area contributed by atoms with Crippen molar-refractivity contribution in [3.8, 4) is 0 Å². The van der Waals surface area contributed by atoms with Crippen LogP contribution in [0.2, 0.25) is 0 Å². The van der Waals surface area contributed by atoms with Crippen molar-refractivity contribution in [2.24, 2.45) is 5.92 Å². The van der Waals surface area contributed by atoms with Gasteiger partial charge in [-0.2, -0.15) is 4.31 Å². The minimum absolute atomic E-state index is 0. The van der Waals surface area contributed by atoms with Gasteiger partial charge in [-0.3, -0.25) is 0 Å². The molecule has 3 atom stereocenters. The highest BCUT2D eigenvalue weighted by atomic mass is 35.5. The van der Waals surface area contributed by atoms with Gasteiger partial charge < -0.3 is 15.4 Å². The Kier molecular flexibility index (Phi) is 7.75. The zero-order valence-corrected chi connectivity index (χ0v) is 17.9. The Morgan fingerprint density at radius 3 is 2.54 bits per heavy atom. The molecule has 0 amide bonds. The molecule has 0 bridgehead atoms. The lowest BCUT2D eigenvalue weighted by Crippen LogP contribution is -2.50. The van der Waals surface area contributed by atoms with Gasteiger partial charge in [0.25, 0.3) is 0 Å². The molecular weight excluding hydrogens is 398 g/mol. The average Bonchev–Trinajstić information content (AvgIpc) is 3.40. The van der Waals surface area contributed by atoms with Crippen LogP contribution in [0.3, 0.4) is 0 Å². The number of benzene rings is 1. The van der Waals surface area contributed by atoms with Crippen molar-refractivity contribution in [1.82, 2.24) is 14.9 Å². The highest BCUT2D eigenvalue weighted by molar-refractivity contribution is 7.89. The van der Waals surface area contributed by atoms with E-state index >= 15 is 0 Å². The lowest BCUT2D eigenvalue weighted by Gasteiger charge is -2.33. The van der Waals surface area contributed by atoms with Gasteiger partial charge in [-0.05, 0) is 49.3 Å². The van der Waals surface area contributed by atoms with Crippen LogP contribution in [-0.4, -0.2) is 57.7 Å². The van der Waals surface area contributed by atoms with Crippen molar-refractivity contribution >= 4 is 22.4 Å². The normalized spacial score (nSPS) is 28.9. The van der Waals surface area contributed by atoms with Crippen LogP contribution in [0.4, 0.5) is 0 Å². The van der Waals surface area contributed by atoms with Gasteiger partial charge in [-0.15, -0.1) is 12.4 Å². The summed E-state index contributed by atoms with van der Waals surface area (Å²) in [5, 5.41) is 7.31. The Balaban J connectivity index is 0.00000225. The van der Waals surface area contributed by atoms with E-state index in [1.807, 2.05) is 12.1 Å². The fraction of sp³-hybridized carbons (Fsp3) is 0.700. The van der Waals surface area contributed by atoms with E-state index < -0.39 is 10.0 Å². The van der Waals surface area contributed by atoms with Crippen LogP contribution >= 0.6 is 12.4 Å². The van der Waals surface area contributed by atoms with Gasteiger partial charge in [0.1, 0.15) is 0 Å². The molecule has 3 aliphatic rings. The fourth-order valence-electron chi connectivity index (χ4n) is 4.69. The largest absolute Gasteiger partial charge is 0.379 e. The lowest BCUT2D eigenvalue weighted by molar-refractivity contribution is 0.0524. The van der Waals surface area contributed by atoms with Crippen molar-refractivity contribution in [1.29, 1.82) is 0 Å². The third kappa shape index (κ3) is 4.89. The molecule has 2 N–H and O–H groups in total. The maximum atomic E-state index is 12.6. The zero-order valence-electron chi connectivity index (χ0n) is 16.3. The van der Waals surface area contributed by atoms with Crippen LogP contribution in [0.15, 0.2) is 29.2 Å². The summed E-state index contributed by atoms with van der Waals surface area (Å²) >= 11 is 0. The first-order valence-electron chi connectivity index (χ1n) is 10.3. The predicted molar refractivity (Wildman–Crippen MR) is 112 cm³/mol. The molecule has 3 unspecified atom stereocenters. The maximum Gasteiger partial charge on any atom is 0.243 e. The van der Waals surface area contributed by atoms with Gasteiger partial charge in [0.2, 0.25) is 10.0 Å². The van der Waals surface area contributed by atoms with E-state index in [2.05, 4.69) is 10.6 Å². The molecule has 0 aromatic heterocycles. The summed E-state index contributed by atoms with van der Waals surface area (Å²) in [5.74, 6) is 0.611. The second kappa shape index (κ2) is 9.87. The number of rotatable bonds is 6. The van der Waals surface area contributed by atoms with E-state index in [0.29, 0.717) is 36.0 Å². The molecule has 0 radical (unpaired) electrons. The molecule has 8 heteroatoms. The van der Waals surface area contributed by atoms with Crippen molar-refractivity contribution in [2.75, 3.05) is 32.8 Å². The Hall–Kier alpha value is -0.700. The van der Waals surface area contributed by atoms with Crippen LogP contribution in [-0.2, 0) is 21.3 Å². The molecule has 1 saturated carbocycles. The average molecular weight is 430 g/mol. The van der Waals surface area contributed by atoms with E-state index in [-0.39, 0.29) is 12.4 Å². The Bertz CT molecular complexity index is 717. The summed E-state index contributed by atoms with van der Waals surface area (Å²) in [6, 6.07) is 8.36. The third-order valence-electron chi connectivity index (χ3n) is 6.23. The van der Waals surface area contributed by atoms with Crippen molar-refractivity contribution < 1.29 is 13.2 Å². The topological polar surface area (TPSA) is 70.7 Å². The van der Waals surface area contributed by atoms with E-state index in [1.165, 1.54) is 19.3 Å².